The average molecular weight is 276 g/mol. The minimum atomic E-state index is -1.81. The first-order valence-electron chi connectivity index (χ1n) is 6.19. The Morgan fingerprint density at radius 3 is 2.74 bits per heavy atom. The Labute approximate surface area is 109 Å². The standard InChI is InChI=1S/C11H17FN2O5/c1-2-5-3-14(11(18)13-9(5)17)10-7(12)8(16)6(4-15)19-10/h5-8,10,15-16H,2-4H2,1H3,(H,13,17,18)/t5?,6-,7+,8-,10-/m1/s1. The van der Waals surface area contributed by atoms with E-state index >= 15 is 0 Å². The van der Waals surface area contributed by atoms with E-state index in [9.17, 15) is 19.1 Å². The first-order chi connectivity index (χ1) is 8.99. The summed E-state index contributed by atoms with van der Waals surface area (Å²) in [4.78, 5) is 24.2. The monoisotopic (exact) mass is 276 g/mol. The van der Waals surface area contributed by atoms with Gasteiger partial charge in [-0.3, -0.25) is 15.0 Å². The minimum absolute atomic E-state index is 0.0388. The number of halogens is 1. The van der Waals surface area contributed by atoms with Crippen LogP contribution in [0, 0.1) is 5.92 Å². The molecule has 19 heavy (non-hydrogen) atoms. The van der Waals surface area contributed by atoms with Crippen molar-refractivity contribution < 1.29 is 28.9 Å². The van der Waals surface area contributed by atoms with Crippen molar-refractivity contribution in [3.63, 3.8) is 0 Å². The number of aliphatic hydroxyl groups is 2. The van der Waals surface area contributed by atoms with Crippen LogP contribution in [-0.4, -0.2) is 64.8 Å². The maximum atomic E-state index is 13.9. The molecule has 0 aliphatic carbocycles. The van der Waals surface area contributed by atoms with E-state index in [1.54, 1.807) is 6.92 Å². The molecule has 2 aliphatic heterocycles. The van der Waals surface area contributed by atoms with Crippen LogP contribution in [0.15, 0.2) is 0 Å². The summed E-state index contributed by atoms with van der Waals surface area (Å²) in [6, 6.07) is -0.742. The van der Waals surface area contributed by atoms with Crippen LogP contribution in [0.4, 0.5) is 9.18 Å². The van der Waals surface area contributed by atoms with Gasteiger partial charge in [0, 0.05) is 6.54 Å². The van der Waals surface area contributed by atoms with Gasteiger partial charge in [-0.1, -0.05) is 6.92 Å². The molecule has 1 unspecified atom stereocenters. The number of hydrogen-bond acceptors (Lipinski definition) is 5. The number of aliphatic hydroxyl groups excluding tert-OH is 2. The Morgan fingerprint density at radius 2 is 2.21 bits per heavy atom. The van der Waals surface area contributed by atoms with Crippen LogP contribution >= 0.6 is 0 Å². The van der Waals surface area contributed by atoms with Gasteiger partial charge in [0.05, 0.1) is 12.5 Å². The smallest absolute Gasteiger partial charge is 0.326 e. The predicted octanol–water partition coefficient (Wildman–Crippen LogP) is -1.02. The molecule has 2 heterocycles. The van der Waals surface area contributed by atoms with Crippen molar-refractivity contribution >= 4 is 11.9 Å². The van der Waals surface area contributed by atoms with Crippen LogP contribution in [-0.2, 0) is 9.53 Å². The molecule has 0 aromatic heterocycles. The highest BCUT2D eigenvalue weighted by Crippen LogP contribution is 2.28. The van der Waals surface area contributed by atoms with Crippen molar-refractivity contribution in [1.82, 2.24) is 10.2 Å². The summed E-state index contributed by atoms with van der Waals surface area (Å²) in [6.07, 6.45) is -5.14. The third-order valence-corrected chi connectivity index (χ3v) is 3.55. The lowest BCUT2D eigenvalue weighted by molar-refractivity contribution is -0.130. The fraction of sp³-hybridized carbons (Fsp3) is 0.818. The number of ether oxygens (including phenoxy) is 1. The lowest BCUT2D eigenvalue weighted by Crippen LogP contribution is -2.59. The molecule has 2 rings (SSSR count). The zero-order chi connectivity index (χ0) is 14.2. The Morgan fingerprint density at radius 1 is 1.53 bits per heavy atom. The van der Waals surface area contributed by atoms with Gasteiger partial charge in [-0.25, -0.2) is 9.18 Å². The van der Waals surface area contributed by atoms with E-state index in [-0.39, 0.29) is 6.54 Å². The number of nitrogens with one attached hydrogen (secondary N) is 1. The molecule has 2 fully saturated rings. The molecule has 3 amide bonds. The summed E-state index contributed by atoms with van der Waals surface area (Å²) in [7, 11) is 0. The number of rotatable bonds is 3. The van der Waals surface area contributed by atoms with Crippen molar-refractivity contribution in [2.75, 3.05) is 13.2 Å². The molecule has 3 N–H and O–H groups in total. The van der Waals surface area contributed by atoms with Gasteiger partial charge in [-0.05, 0) is 6.42 Å². The number of hydrogen-bond donors (Lipinski definition) is 3. The number of carbonyl (C=O) groups excluding carboxylic acids is 2. The van der Waals surface area contributed by atoms with Gasteiger partial charge in [-0.15, -0.1) is 0 Å². The van der Waals surface area contributed by atoms with Gasteiger partial charge >= 0.3 is 6.03 Å². The number of carbonyl (C=O) groups is 2. The first kappa shape index (κ1) is 14.2. The summed E-state index contributed by atoms with van der Waals surface area (Å²) in [5.74, 6) is -0.824. The molecule has 0 bridgehead atoms. The van der Waals surface area contributed by atoms with Gasteiger partial charge in [0.2, 0.25) is 5.91 Å². The summed E-state index contributed by atoms with van der Waals surface area (Å²) in [5.41, 5.74) is 0. The number of nitrogens with zero attached hydrogens (tertiary/aromatic N) is 1. The molecular formula is C11H17FN2O5. The molecule has 0 radical (unpaired) electrons. The van der Waals surface area contributed by atoms with E-state index in [1.165, 1.54) is 0 Å². The van der Waals surface area contributed by atoms with Gasteiger partial charge in [0.15, 0.2) is 12.4 Å². The van der Waals surface area contributed by atoms with Gasteiger partial charge in [0.25, 0.3) is 0 Å². The summed E-state index contributed by atoms with van der Waals surface area (Å²) < 4.78 is 19.1. The zero-order valence-electron chi connectivity index (χ0n) is 10.5. The summed E-state index contributed by atoms with van der Waals surface area (Å²) in [5, 5.41) is 20.6. The van der Waals surface area contributed by atoms with Crippen molar-refractivity contribution in [3.05, 3.63) is 0 Å². The number of amides is 3. The van der Waals surface area contributed by atoms with E-state index in [1.807, 2.05) is 0 Å². The second-order valence-electron chi connectivity index (χ2n) is 4.73. The quantitative estimate of drug-likeness (QED) is 0.613. The molecule has 0 saturated carbocycles. The van der Waals surface area contributed by atoms with E-state index in [2.05, 4.69) is 5.32 Å². The van der Waals surface area contributed by atoms with Gasteiger partial charge in [0.1, 0.15) is 12.2 Å². The molecule has 7 nitrogen and oxygen atoms in total. The molecular weight excluding hydrogens is 259 g/mol. The van der Waals surface area contributed by atoms with Gasteiger partial charge < -0.3 is 14.9 Å². The number of alkyl halides is 1. The van der Waals surface area contributed by atoms with Crippen LogP contribution in [0.2, 0.25) is 0 Å². The fourth-order valence-corrected chi connectivity index (χ4v) is 2.32. The van der Waals surface area contributed by atoms with E-state index < -0.39 is 49.1 Å². The van der Waals surface area contributed by atoms with Crippen LogP contribution in [0.5, 0.6) is 0 Å². The molecule has 2 saturated heterocycles. The van der Waals surface area contributed by atoms with Gasteiger partial charge in [-0.2, -0.15) is 0 Å². The predicted molar refractivity (Wildman–Crippen MR) is 60.7 cm³/mol. The third kappa shape index (κ3) is 2.43. The Hall–Kier alpha value is -1.25. The van der Waals surface area contributed by atoms with E-state index in [0.717, 1.165) is 4.90 Å². The third-order valence-electron chi connectivity index (χ3n) is 3.55. The Kier molecular flexibility index (Phi) is 4.02. The summed E-state index contributed by atoms with van der Waals surface area (Å²) in [6.45, 7) is 1.28. The highest BCUT2D eigenvalue weighted by molar-refractivity contribution is 5.98. The highest BCUT2D eigenvalue weighted by Gasteiger charge is 2.49. The van der Waals surface area contributed by atoms with Crippen molar-refractivity contribution in [3.8, 4) is 0 Å². The zero-order valence-corrected chi connectivity index (χ0v) is 10.5. The number of imide groups is 1. The maximum absolute atomic E-state index is 13.9. The average Bonchev–Trinajstić information content (AvgIpc) is 2.67. The molecule has 0 aromatic rings. The highest BCUT2D eigenvalue weighted by atomic mass is 19.1. The molecule has 2 aliphatic rings. The topological polar surface area (TPSA) is 99.1 Å². The maximum Gasteiger partial charge on any atom is 0.326 e. The molecule has 8 heteroatoms. The lowest BCUT2D eigenvalue weighted by atomic mass is 10.0. The fourth-order valence-electron chi connectivity index (χ4n) is 2.32. The van der Waals surface area contributed by atoms with Crippen LogP contribution in [0.3, 0.4) is 0 Å². The van der Waals surface area contributed by atoms with Crippen LogP contribution in [0.1, 0.15) is 13.3 Å². The van der Waals surface area contributed by atoms with E-state index in [4.69, 9.17) is 9.84 Å². The molecule has 0 spiro atoms. The van der Waals surface area contributed by atoms with Crippen molar-refractivity contribution in [2.45, 2.75) is 38.0 Å². The Balaban J connectivity index is 2.13. The van der Waals surface area contributed by atoms with Crippen molar-refractivity contribution in [1.29, 1.82) is 0 Å². The first-order valence-corrected chi connectivity index (χ1v) is 6.19. The molecule has 0 aromatic carbocycles. The normalized spacial score (nSPS) is 39.6. The second-order valence-corrected chi connectivity index (χ2v) is 4.73. The molecule has 108 valence electrons. The van der Waals surface area contributed by atoms with Crippen molar-refractivity contribution in [2.24, 2.45) is 5.92 Å². The SMILES string of the molecule is CCC1CN([C@@H]2O[C@H](CO)[C@@H](O)[C@@H]2F)C(=O)NC1=O. The largest absolute Gasteiger partial charge is 0.394 e. The van der Waals surface area contributed by atoms with Crippen LogP contribution in [0.25, 0.3) is 0 Å². The number of urea groups is 1. The van der Waals surface area contributed by atoms with E-state index in [0.29, 0.717) is 6.42 Å². The summed E-state index contributed by atoms with van der Waals surface area (Å²) >= 11 is 0. The van der Waals surface area contributed by atoms with Crippen LogP contribution < -0.4 is 5.32 Å². The second kappa shape index (κ2) is 5.40. The minimum Gasteiger partial charge on any atom is -0.394 e. The molecule has 5 atom stereocenters. The Bertz CT molecular complexity index is 380. The lowest BCUT2D eigenvalue weighted by Gasteiger charge is -2.35.